The highest BCUT2D eigenvalue weighted by atomic mass is 16.5. The standard InChI is InChI=1S/C14H21N3O2/c1-14(2,3)11-7-15-13(16-8-11)17-6-5-10(9-17)12(18)19-4/h7-8,10H,5-6,9H2,1-4H3. The molecule has 0 N–H and O–H groups in total. The van der Waals surface area contributed by atoms with Gasteiger partial charge >= 0.3 is 5.97 Å². The second-order valence-corrected chi connectivity index (χ2v) is 5.98. The first-order valence-electron chi connectivity index (χ1n) is 6.57. The number of methoxy groups -OCH3 is 1. The number of ether oxygens (including phenoxy) is 1. The molecule has 0 amide bonds. The number of aromatic nitrogens is 2. The van der Waals surface area contributed by atoms with Crippen LogP contribution in [0.4, 0.5) is 5.95 Å². The summed E-state index contributed by atoms with van der Waals surface area (Å²) in [5.74, 6) is 0.490. The van der Waals surface area contributed by atoms with Crippen LogP contribution in [0, 0.1) is 5.92 Å². The van der Waals surface area contributed by atoms with Crippen LogP contribution in [0.2, 0.25) is 0 Å². The molecular formula is C14H21N3O2. The number of hydrogen-bond donors (Lipinski definition) is 0. The average molecular weight is 263 g/mol. The summed E-state index contributed by atoms with van der Waals surface area (Å²) in [5.41, 5.74) is 1.16. The number of esters is 1. The highest BCUT2D eigenvalue weighted by Gasteiger charge is 2.30. The van der Waals surface area contributed by atoms with E-state index in [0.717, 1.165) is 18.5 Å². The lowest BCUT2D eigenvalue weighted by atomic mass is 9.89. The van der Waals surface area contributed by atoms with E-state index in [-0.39, 0.29) is 17.3 Å². The summed E-state index contributed by atoms with van der Waals surface area (Å²) in [5, 5.41) is 0. The lowest BCUT2D eigenvalue weighted by Gasteiger charge is -2.20. The first kappa shape index (κ1) is 13.8. The summed E-state index contributed by atoms with van der Waals surface area (Å²) >= 11 is 0. The zero-order valence-electron chi connectivity index (χ0n) is 12.0. The molecule has 1 aliphatic heterocycles. The minimum absolute atomic E-state index is 0.0537. The summed E-state index contributed by atoms with van der Waals surface area (Å²) in [6, 6.07) is 0. The number of rotatable bonds is 2. The SMILES string of the molecule is COC(=O)C1CCN(c2ncc(C(C)(C)C)cn2)C1. The molecule has 1 unspecified atom stereocenters. The molecule has 1 atom stereocenters. The van der Waals surface area contributed by atoms with Crippen molar-refractivity contribution < 1.29 is 9.53 Å². The third kappa shape index (κ3) is 3.03. The van der Waals surface area contributed by atoms with Crippen LogP contribution in [0.1, 0.15) is 32.8 Å². The molecule has 1 aromatic heterocycles. The van der Waals surface area contributed by atoms with Gasteiger partial charge < -0.3 is 9.64 Å². The minimum atomic E-state index is -0.145. The van der Waals surface area contributed by atoms with Crippen LogP contribution in [-0.2, 0) is 14.9 Å². The van der Waals surface area contributed by atoms with E-state index in [9.17, 15) is 4.79 Å². The van der Waals surface area contributed by atoms with Crippen LogP contribution in [-0.4, -0.2) is 36.1 Å². The number of nitrogens with zero attached hydrogens (tertiary/aromatic N) is 3. The summed E-state index contributed by atoms with van der Waals surface area (Å²) in [6.07, 6.45) is 4.54. The van der Waals surface area contributed by atoms with Gasteiger partial charge in [-0.05, 0) is 17.4 Å². The van der Waals surface area contributed by atoms with Crippen LogP contribution in [0.25, 0.3) is 0 Å². The van der Waals surface area contributed by atoms with Crippen molar-refractivity contribution in [2.24, 2.45) is 5.92 Å². The van der Waals surface area contributed by atoms with Gasteiger partial charge in [-0.2, -0.15) is 0 Å². The molecule has 1 aromatic rings. The van der Waals surface area contributed by atoms with E-state index >= 15 is 0 Å². The highest BCUT2D eigenvalue weighted by Crippen LogP contribution is 2.24. The maximum absolute atomic E-state index is 11.5. The molecule has 5 nitrogen and oxygen atoms in total. The fourth-order valence-electron chi connectivity index (χ4n) is 2.17. The van der Waals surface area contributed by atoms with Gasteiger partial charge in [-0.1, -0.05) is 20.8 Å². The molecule has 2 rings (SSSR count). The topological polar surface area (TPSA) is 55.3 Å². The van der Waals surface area contributed by atoms with Crippen molar-refractivity contribution in [3.8, 4) is 0 Å². The largest absolute Gasteiger partial charge is 0.469 e. The quantitative estimate of drug-likeness (QED) is 0.761. The van der Waals surface area contributed by atoms with E-state index in [1.807, 2.05) is 17.3 Å². The fraction of sp³-hybridized carbons (Fsp3) is 0.643. The van der Waals surface area contributed by atoms with Crippen molar-refractivity contribution in [1.82, 2.24) is 9.97 Å². The van der Waals surface area contributed by atoms with E-state index in [1.54, 1.807) is 0 Å². The fourth-order valence-corrected chi connectivity index (χ4v) is 2.17. The van der Waals surface area contributed by atoms with Crippen molar-refractivity contribution >= 4 is 11.9 Å². The Kier molecular flexibility index (Phi) is 3.73. The first-order chi connectivity index (χ1) is 8.91. The molecule has 104 valence electrons. The third-order valence-electron chi connectivity index (χ3n) is 3.51. The molecule has 0 radical (unpaired) electrons. The Balaban J connectivity index is 2.06. The van der Waals surface area contributed by atoms with Gasteiger partial charge in [0.15, 0.2) is 0 Å². The summed E-state index contributed by atoms with van der Waals surface area (Å²) in [6.45, 7) is 7.84. The molecule has 19 heavy (non-hydrogen) atoms. The van der Waals surface area contributed by atoms with Gasteiger partial charge in [0.1, 0.15) is 0 Å². The second kappa shape index (κ2) is 5.15. The zero-order chi connectivity index (χ0) is 14.0. The Hall–Kier alpha value is -1.65. The van der Waals surface area contributed by atoms with Crippen LogP contribution in [0.5, 0.6) is 0 Å². The van der Waals surface area contributed by atoms with Gasteiger partial charge in [0.05, 0.1) is 13.0 Å². The van der Waals surface area contributed by atoms with Crippen molar-refractivity contribution in [3.63, 3.8) is 0 Å². The van der Waals surface area contributed by atoms with Crippen LogP contribution in [0.3, 0.4) is 0 Å². The van der Waals surface area contributed by atoms with E-state index < -0.39 is 0 Å². The molecule has 1 saturated heterocycles. The molecule has 1 fully saturated rings. The molecule has 0 aromatic carbocycles. The number of anilines is 1. The first-order valence-corrected chi connectivity index (χ1v) is 6.57. The van der Waals surface area contributed by atoms with E-state index in [1.165, 1.54) is 7.11 Å². The van der Waals surface area contributed by atoms with Crippen molar-refractivity contribution in [2.45, 2.75) is 32.6 Å². The monoisotopic (exact) mass is 263 g/mol. The number of carbonyl (C=O) groups excluding carboxylic acids is 1. The molecule has 0 bridgehead atoms. The van der Waals surface area contributed by atoms with E-state index in [2.05, 4.69) is 30.7 Å². The molecule has 1 aliphatic rings. The Morgan fingerprint density at radius 1 is 1.37 bits per heavy atom. The average Bonchev–Trinajstić information content (AvgIpc) is 2.86. The molecular weight excluding hydrogens is 242 g/mol. The van der Waals surface area contributed by atoms with Crippen molar-refractivity contribution in [2.75, 3.05) is 25.1 Å². The Morgan fingerprint density at radius 2 is 2.00 bits per heavy atom. The summed E-state index contributed by atoms with van der Waals surface area (Å²) < 4.78 is 4.78. The maximum atomic E-state index is 11.5. The zero-order valence-corrected chi connectivity index (χ0v) is 12.0. The predicted molar refractivity (Wildman–Crippen MR) is 73.1 cm³/mol. The maximum Gasteiger partial charge on any atom is 0.310 e. The van der Waals surface area contributed by atoms with Crippen LogP contribution < -0.4 is 4.90 Å². The van der Waals surface area contributed by atoms with Crippen molar-refractivity contribution in [3.05, 3.63) is 18.0 Å². The molecule has 0 spiro atoms. The normalized spacial score (nSPS) is 19.6. The highest BCUT2D eigenvalue weighted by molar-refractivity contribution is 5.73. The minimum Gasteiger partial charge on any atom is -0.469 e. The summed E-state index contributed by atoms with van der Waals surface area (Å²) in [4.78, 5) is 22.3. The lowest BCUT2D eigenvalue weighted by Crippen LogP contribution is -2.25. The van der Waals surface area contributed by atoms with Crippen LogP contribution >= 0.6 is 0 Å². The van der Waals surface area contributed by atoms with Gasteiger partial charge in [0.25, 0.3) is 0 Å². The predicted octanol–water partition coefficient (Wildman–Crippen LogP) is 1.77. The number of hydrogen-bond acceptors (Lipinski definition) is 5. The molecule has 2 heterocycles. The molecule has 5 heteroatoms. The smallest absolute Gasteiger partial charge is 0.310 e. The van der Waals surface area contributed by atoms with E-state index in [4.69, 9.17) is 4.74 Å². The van der Waals surface area contributed by atoms with Gasteiger partial charge in [0, 0.05) is 25.5 Å². The van der Waals surface area contributed by atoms with Crippen LogP contribution in [0.15, 0.2) is 12.4 Å². The van der Waals surface area contributed by atoms with E-state index in [0.29, 0.717) is 12.5 Å². The van der Waals surface area contributed by atoms with Gasteiger partial charge in [-0.15, -0.1) is 0 Å². The Bertz CT molecular complexity index is 451. The third-order valence-corrected chi connectivity index (χ3v) is 3.51. The molecule has 0 saturated carbocycles. The summed E-state index contributed by atoms with van der Waals surface area (Å²) in [7, 11) is 1.43. The Labute approximate surface area is 114 Å². The molecule has 0 aliphatic carbocycles. The van der Waals surface area contributed by atoms with Crippen molar-refractivity contribution in [1.29, 1.82) is 0 Å². The second-order valence-electron chi connectivity index (χ2n) is 5.98. The van der Waals surface area contributed by atoms with Gasteiger partial charge in [-0.25, -0.2) is 9.97 Å². The van der Waals surface area contributed by atoms with Gasteiger partial charge in [0.2, 0.25) is 5.95 Å². The number of carbonyl (C=O) groups is 1. The lowest BCUT2D eigenvalue weighted by molar-refractivity contribution is -0.144. The Morgan fingerprint density at radius 3 is 2.53 bits per heavy atom. The van der Waals surface area contributed by atoms with Gasteiger partial charge in [-0.3, -0.25) is 4.79 Å².